The first kappa shape index (κ1) is 13.8. The molecule has 1 aromatic rings. The highest BCUT2D eigenvalue weighted by Gasteiger charge is 2.52. The maximum Gasteiger partial charge on any atom is 0.499 e. The highest BCUT2D eigenvalue weighted by atomic mass is 19.1. The Bertz CT molecular complexity index is 516. The van der Waals surface area contributed by atoms with Crippen molar-refractivity contribution in [3.63, 3.8) is 0 Å². The van der Waals surface area contributed by atoms with Crippen LogP contribution in [0.2, 0.25) is 0 Å². The van der Waals surface area contributed by atoms with Crippen molar-refractivity contribution in [3.05, 3.63) is 18.1 Å². The molecule has 0 unspecified atom stereocenters. The van der Waals surface area contributed by atoms with E-state index >= 15 is 0 Å². The molecule has 0 aromatic carbocycles. The second-order valence-corrected chi connectivity index (χ2v) is 6.48. The number of halogens is 1. The van der Waals surface area contributed by atoms with Gasteiger partial charge in [0.05, 0.1) is 11.2 Å². The molecule has 2 saturated heterocycles. The van der Waals surface area contributed by atoms with Crippen LogP contribution in [0, 0.1) is 5.95 Å². The third-order valence-electron chi connectivity index (χ3n) is 4.55. The van der Waals surface area contributed by atoms with Crippen LogP contribution in [0.5, 0.6) is 0 Å². The molecule has 0 spiro atoms. The zero-order valence-corrected chi connectivity index (χ0v) is 12.4. The van der Waals surface area contributed by atoms with E-state index in [9.17, 15) is 4.39 Å². The molecular weight excluding hydrogens is 258 g/mol. The predicted molar refractivity (Wildman–Crippen MR) is 76.7 cm³/mol. The van der Waals surface area contributed by atoms with Crippen LogP contribution in [-0.4, -0.2) is 36.4 Å². The third-order valence-corrected chi connectivity index (χ3v) is 4.55. The van der Waals surface area contributed by atoms with Gasteiger partial charge in [-0.2, -0.15) is 4.39 Å². The molecule has 0 amide bonds. The molecule has 0 radical (unpaired) electrons. The Hall–Kier alpha value is -1.14. The summed E-state index contributed by atoms with van der Waals surface area (Å²) in [4.78, 5) is 6.09. The average Bonchev–Trinajstić information content (AvgIpc) is 2.45. The van der Waals surface area contributed by atoms with Gasteiger partial charge < -0.3 is 14.2 Å². The number of aromatic nitrogens is 1. The summed E-state index contributed by atoms with van der Waals surface area (Å²) in [6, 6.07) is 3.56. The van der Waals surface area contributed by atoms with Gasteiger partial charge >= 0.3 is 7.12 Å². The summed E-state index contributed by atoms with van der Waals surface area (Å²) in [5.74, 6) is 0.182. The quantitative estimate of drug-likeness (QED) is 0.609. The third kappa shape index (κ3) is 2.11. The molecule has 108 valence electrons. The summed E-state index contributed by atoms with van der Waals surface area (Å²) in [7, 11) is -0.696. The monoisotopic (exact) mass is 278 g/mol. The first-order chi connectivity index (χ1) is 9.30. The van der Waals surface area contributed by atoms with Gasteiger partial charge in [0.2, 0.25) is 5.95 Å². The van der Waals surface area contributed by atoms with Crippen LogP contribution in [0.25, 0.3) is 0 Å². The average molecular weight is 278 g/mol. The zero-order chi connectivity index (χ0) is 14.5. The summed E-state index contributed by atoms with van der Waals surface area (Å²) in [6.07, 6.45) is 1.14. The van der Waals surface area contributed by atoms with Crippen LogP contribution < -0.4 is 10.4 Å². The Balaban J connectivity index is 1.85. The molecule has 0 atom stereocenters. The van der Waals surface area contributed by atoms with E-state index in [0.717, 1.165) is 19.5 Å². The van der Waals surface area contributed by atoms with Crippen molar-refractivity contribution in [1.82, 2.24) is 4.98 Å². The molecule has 0 aliphatic carbocycles. The van der Waals surface area contributed by atoms with Crippen molar-refractivity contribution in [2.45, 2.75) is 45.3 Å². The van der Waals surface area contributed by atoms with E-state index in [2.05, 4.69) is 9.88 Å². The van der Waals surface area contributed by atoms with Crippen molar-refractivity contribution in [2.24, 2.45) is 0 Å². The number of hydrogen-bond acceptors (Lipinski definition) is 4. The molecule has 0 saturated carbocycles. The second kappa shape index (κ2) is 4.43. The van der Waals surface area contributed by atoms with E-state index < -0.39 is 24.3 Å². The minimum absolute atomic E-state index is 0.368. The lowest BCUT2D eigenvalue weighted by molar-refractivity contribution is 0.00578. The fourth-order valence-corrected chi connectivity index (χ4v) is 2.30. The van der Waals surface area contributed by atoms with Crippen molar-refractivity contribution in [3.8, 4) is 0 Å². The lowest BCUT2D eigenvalue weighted by atomic mass is 9.80. The maximum atomic E-state index is 14.2. The molecule has 4 nitrogen and oxygen atoms in total. The van der Waals surface area contributed by atoms with E-state index in [-0.39, 0.29) is 0 Å². The van der Waals surface area contributed by atoms with E-state index in [1.807, 2.05) is 33.8 Å². The van der Waals surface area contributed by atoms with Crippen molar-refractivity contribution >= 4 is 18.4 Å². The van der Waals surface area contributed by atoms with Crippen molar-refractivity contribution in [1.29, 1.82) is 0 Å². The first-order valence-corrected chi connectivity index (χ1v) is 7.07. The Labute approximate surface area is 119 Å². The Morgan fingerprint density at radius 1 is 1.15 bits per heavy atom. The van der Waals surface area contributed by atoms with Gasteiger partial charge in [-0.3, -0.25) is 0 Å². The highest BCUT2D eigenvalue weighted by molar-refractivity contribution is 6.62. The van der Waals surface area contributed by atoms with Gasteiger partial charge in [0.25, 0.3) is 0 Å². The van der Waals surface area contributed by atoms with Crippen LogP contribution in [0.4, 0.5) is 10.2 Å². The van der Waals surface area contributed by atoms with Crippen LogP contribution in [0.15, 0.2) is 12.1 Å². The molecular formula is C14H20BFN2O2. The lowest BCUT2D eigenvalue weighted by Crippen LogP contribution is -2.41. The van der Waals surface area contributed by atoms with Crippen LogP contribution in [0.3, 0.4) is 0 Å². The van der Waals surface area contributed by atoms with Crippen LogP contribution in [0.1, 0.15) is 34.1 Å². The van der Waals surface area contributed by atoms with E-state index in [0.29, 0.717) is 11.3 Å². The van der Waals surface area contributed by atoms with Crippen LogP contribution >= 0.6 is 0 Å². The van der Waals surface area contributed by atoms with E-state index in [4.69, 9.17) is 9.31 Å². The minimum Gasteiger partial charge on any atom is -0.399 e. The SMILES string of the molecule is CC1(C)OB(c2ccc(N3CCC3)nc2F)OC1(C)C. The zero-order valence-electron chi connectivity index (χ0n) is 12.4. The van der Waals surface area contributed by atoms with Gasteiger partial charge in [-0.05, 0) is 40.2 Å². The number of pyridine rings is 1. The number of nitrogens with zero attached hydrogens (tertiary/aromatic N) is 2. The summed E-state index contributed by atoms with van der Waals surface area (Å²) < 4.78 is 25.9. The van der Waals surface area contributed by atoms with E-state index in [1.165, 1.54) is 0 Å². The fraction of sp³-hybridized carbons (Fsp3) is 0.643. The number of anilines is 1. The first-order valence-electron chi connectivity index (χ1n) is 7.07. The molecule has 2 aliphatic rings. The topological polar surface area (TPSA) is 34.6 Å². The molecule has 1 aromatic heterocycles. The summed E-state index contributed by atoms with van der Waals surface area (Å²) in [5, 5.41) is 0. The van der Waals surface area contributed by atoms with E-state index in [1.54, 1.807) is 6.07 Å². The Kier molecular flexibility index (Phi) is 3.06. The molecule has 0 bridgehead atoms. The predicted octanol–water partition coefficient (Wildman–Crippen LogP) is 1.73. The lowest BCUT2D eigenvalue weighted by Gasteiger charge is -2.32. The van der Waals surface area contributed by atoms with Crippen molar-refractivity contribution < 1.29 is 13.7 Å². The maximum absolute atomic E-state index is 14.2. The van der Waals surface area contributed by atoms with Gasteiger partial charge in [-0.1, -0.05) is 6.07 Å². The van der Waals surface area contributed by atoms with Crippen LogP contribution in [-0.2, 0) is 9.31 Å². The molecule has 3 rings (SSSR count). The molecule has 20 heavy (non-hydrogen) atoms. The largest absolute Gasteiger partial charge is 0.499 e. The Morgan fingerprint density at radius 2 is 1.75 bits per heavy atom. The Morgan fingerprint density at radius 3 is 2.20 bits per heavy atom. The second-order valence-electron chi connectivity index (χ2n) is 6.48. The summed E-state index contributed by atoms with van der Waals surface area (Å²) in [6.45, 7) is 9.70. The molecule has 6 heteroatoms. The van der Waals surface area contributed by atoms with Gasteiger partial charge in [0.15, 0.2) is 0 Å². The summed E-state index contributed by atoms with van der Waals surface area (Å²) >= 11 is 0. The van der Waals surface area contributed by atoms with Crippen molar-refractivity contribution in [2.75, 3.05) is 18.0 Å². The number of rotatable bonds is 2. The highest BCUT2D eigenvalue weighted by Crippen LogP contribution is 2.36. The fourth-order valence-electron chi connectivity index (χ4n) is 2.30. The molecule has 3 heterocycles. The normalized spacial score (nSPS) is 23.9. The molecule has 0 N–H and O–H groups in total. The van der Waals surface area contributed by atoms with Gasteiger partial charge in [-0.25, -0.2) is 4.98 Å². The smallest absolute Gasteiger partial charge is 0.399 e. The summed E-state index contributed by atoms with van der Waals surface area (Å²) in [5.41, 5.74) is -0.575. The minimum atomic E-state index is -0.696. The van der Waals surface area contributed by atoms with Gasteiger partial charge in [0, 0.05) is 18.6 Å². The number of hydrogen-bond donors (Lipinski definition) is 0. The standard InChI is InChI=1S/C14H20BFN2O2/c1-13(2)14(3,4)20-15(19-13)10-6-7-11(17-12(10)16)18-8-5-9-18/h6-7H,5,8-9H2,1-4H3. The van der Waals surface area contributed by atoms with Gasteiger partial charge in [-0.15, -0.1) is 0 Å². The van der Waals surface area contributed by atoms with Gasteiger partial charge in [0.1, 0.15) is 5.82 Å². The molecule has 2 fully saturated rings. The molecule has 2 aliphatic heterocycles.